The van der Waals surface area contributed by atoms with Crippen molar-refractivity contribution in [1.82, 2.24) is 20.1 Å². The van der Waals surface area contributed by atoms with Crippen LogP contribution >= 0.6 is 11.6 Å². The molecule has 46 heavy (non-hydrogen) atoms. The Balaban J connectivity index is 1.44. The summed E-state index contributed by atoms with van der Waals surface area (Å²) in [6.45, 7) is 4.01. The Labute approximate surface area is 271 Å². The Kier molecular flexibility index (Phi) is 10.4. The highest BCUT2D eigenvalue weighted by molar-refractivity contribution is 6.30. The van der Waals surface area contributed by atoms with Gasteiger partial charge in [0.2, 0.25) is 5.91 Å². The first-order valence-electron chi connectivity index (χ1n) is 15.0. The number of rotatable bonds is 8. The molecule has 2 amide bonds. The van der Waals surface area contributed by atoms with Crippen molar-refractivity contribution in [2.75, 3.05) is 25.6 Å². The molecule has 2 atom stereocenters. The number of nitrogens with one attached hydrogen (secondary N) is 2. The van der Waals surface area contributed by atoms with Gasteiger partial charge in [0.1, 0.15) is 12.3 Å². The van der Waals surface area contributed by atoms with Crippen molar-refractivity contribution in [2.24, 2.45) is 5.92 Å². The molecule has 0 radical (unpaired) electrons. The summed E-state index contributed by atoms with van der Waals surface area (Å²) in [5, 5.41) is 10.4. The van der Waals surface area contributed by atoms with Crippen LogP contribution in [0.25, 0.3) is 16.9 Å². The van der Waals surface area contributed by atoms with Crippen molar-refractivity contribution < 1.29 is 28.2 Å². The number of fused-ring (bicyclic) bond motifs is 4. The van der Waals surface area contributed by atoms with Crippen molar-refractivity contribution >= 4 is 35.1 Å². The third kappa shape index (κ3) is 7.43. The van der Waals surface area contributed by atoms with Gasteiger partial charge >= 0.3 is 5.97 Å². The summed E-state index contributed by atoms with van der Waals surface area (Å²) in [4.78, 5) is 43.7. The number of hydrogen-bond acceptors (Lipinski definition) is 7. The zero-order valence-corrected chi connectivity index (χ0v) is 26.6. The Morgan fingerprint density at radius 3 is 2.78 bits per heavy atom. The molecule has 4 aromatic rings. The molecule has 2 bridgehead atoms. The summed E-state index contributed by atoms with van der Waals surface area (Å²) in [6.07, 6.45) is 4.91. The van der Waals surface area contributed by atoms with Crippen LogP contribution in [0.4, 0.5) is 10.1 Å². The first-order chi connectivity index (χ1) is 22.2. The second-order valence-electron chi connectivity index (χ2n) is 11.2. The van der Waals surface area contributed by atoms with Crippen LogP contribution in [0.3, 0.4) is 0 Å². The van der Waals surface area contributed by atoms with Crippen LogP contribution < -0.4 is 10.6 Å². The minimum Gasteiger partial charge on any atom is -0.463 e. The molecule has 2 aromatic carbocycles. The molecular formula is C34H35ClFN5O5. The van der Waals surface area contributed by atoms with E-state index in [1.807, 2.05) is 25.1 Å². The average molecular weight is 648 g/mol. The van der Waals surface area contributed by atoms with Crippen LogP contribution in [0.5, 0.6) is 0 Å². The molecule has 1 aliphatic heterocycles. The van der Waals surface area contributed by atoms with Gasteiger partial charge in [-0.2, -0.15) is 5.10 Å². The molecule has 10 nitrogen and oxygen atoms in total. The van der Waals surface area contributed by atoms with E-state index in [-0.39, 0.29) is 41.5 Å². The summed E-state index contributed by atoms with van der Waals surface area (Å²) >= 11 is 5.97. The molecule has 0 aliphatic carbocycles. The second-order valence-corrected chi connectivity index (χ2v) is 11.6. The number of benzene rings is 2. The SMILES string of the molecule is COCCOC(=O)Cc1ccc2c(c1)NC(=O)[C@H](C)CCC[C@H](NC(=O)c1cnn(-c3cccc(Cl)c3F)c1C)c1ccnc-2c1. The number of nitrogens with zero attached hydrogens (tertiary/aromatic N) is 3. The molecule has 240 valence electrons. The number of pyridine rings is 1. The second kappa shape index (κ2) is 14.7. The molecule has 2 aromatic heterocycles. The highest BCUT2D eigenvalue weighted by atomic mass is 35.5. The quantitative estimate of drug-likeness (QED) is 0.178. The van der Waals surface area contributed by atoms with Crippen molar-refractivity contribution in [3.8, 4) is 16.9 Å². The first-order valence-corrected chi connectivity index (χ1v) is 15.4. The Morgan fingerprint density at radius 1 is 1.15 bits per heavy atom. The van der Waals surface area contributed by atoms with Crippen LogP contribution in [-0.4, -0.2) is 52.9 Å². The summed E-state index contributed by atoms with van der Waals surface area (Å²) in [6, 6.07) is 13.3. The van der Waals surface area contributed by atoms with E-state index < -0.39 is 17.8 Å². The molecule has 12 heteroatoms. The third-order valence-corrected chi connectivity index (χ3v) is 8.29. The highest BCUT2D eigenvalue weighted by Gasteiger charge is 2.24. The van der Waals surface area contributed by atoms with Crippen molar-refractivity contribution in [3.05, 3.63) is 94.1 Å². The zero-order valence-electron chi connectivity index (χ0n) is 25.8. The first kappa shape index (κ1) is 32.8. The highest BCUT2D eigenvalue weighted by Crippen LogP contribution is 2.33. The van der Waals surface area contributed by atoms with E-state index in [1.165, 1.54) is 24.1 Å². The van der Waals surface area contributed by atoms with Crippen LogP contribution in [0.2, 0.25) is 5.02 Å². The van der Waals surface area contributed by atoms with Crippen molar-refractivity contribution in [3.63, 3.8) is 0 Å². The molecule has 0 saturated carbocycles. The number of ether oxygens (including phenoxy) is 2. The molecule has 1 aliphatic rings. The van der Waals surface area contributed by atoms with Gasteiger partial charge in [-0.15, -0.1) is 0 Å². The number of esters is 1. The Bertz CT molecular complexity index is 1760. The molecule has 0 unspecified atom stereocenters. The van der Waals surface area contributed by atoms with Gasteiger partial charge in [0, 0.05) is 24.8 Å². The van der Waals surface area contributed by atoms with E-state index in [9.17, 15) is 18.8 Å². The Hall–Kier alpha value is -4.61. The lowest BCUT2D eigenvalue weighted by atomic mass is 9.94. The molecule has 0 saturated heterocycles. The van der Waals surface area contributed by atoms with Gasteiger partial charge in [-0.3, -0.25) is 19.4 Å². The van der Waals surface area contributed by atoms with Crippen molar-refractivity contribution in [1.29, 1.82) is 0 Å². The van der Waals surface area contributed by atoms with Crippen LogP contribution in [0.1, 0.15) is 59.4 Å². The van der Waals surface area contributed by atoms with Gasteiger partial charge in [0.05, 0.1) is 52.9 Å². The molecule has 3 heterocycles. The van der Waals surface area contributed by atoms with Crippen LogP contribution in [0.15, 0.2) is 60.9 Å². The maximum absolute atomic E-state index is 14.7. The maximum atomic E-state index is 14.7. The average Bonchev–Trinajstić information content (AvgIpc) is 3.42. The predicted octanol–water partition coefficient (Wildman–Crippen LogP) is 6.00. The number of anilines is 1. The number of methoxy groups -OCH3 is 1. The maximum Gasteiger partial charge on any atom is 0.310 e. The molecule has 5 rings (SSSR count). The van der Waals surface area contributed by atoms with Crippen LogP contribution in [0, 0.1) is 18.7 Å². The van der Waals surface area contributed by atoms with E-state index in [2.05, 4.69) is 20.7 Å². The summed E-state index contributed by atoms with van der Waals surface area (Å²) in [5.74, 6) is -1.87. The number of carbonyl (C=O) groups is 3. The molecule has 0 fully saturated rings. The van der Waals surface area contributed by atoms with E-state index in [1.54, 1.807) is 37.4 Å². The molecule has 0 spiro atoms. The fourth-order valence-electron chi connectivity index (χ4n) is 5.40. The van der Waals surface area contributed by atoms with E-state index >= 15 is 0 Å². The number of hydrogen-bond donors (Lipinski definition) is 2. The van der Waals surface area contributed by atoms with Crippen LogP contribution in [-0.2, 0) is 25.5 Å². The topological polar surface area (TPSA) is 124 Å². The molecular weight excluding hydrogens is 613 g/mol. The van der Waals surface area contributed by atoms with Gasteiger partial charge < -0.3 is 20.1 Å². The lowest BCUT2D eigenvalue weighted by Gasteiger charge is -2.23. The molecule has 2 N–H and O–H groups in total. The number of halogens is 2. The zero-order chi connectivity index (χ0) is 32.8. The van der Waals surface area contributed by atoms with Gasteiger partial charge in [-0.25, -0.2) is 9.07 Å². The van der Waals surface area contributed by atoms with E-state index in [4.69, 9.17) is 21.1 Å². The number of aromatic nitrogens is 3. The van der Waals surface area contributed by atoms with E-state index in [0.717, 1.165) is 5.56 Å². The Morgan fingerprint density at radius 2 is 1.98 bits per heavy atom. The fourth-order valence-corrected chi connectivity index (χ4v) is 5.57. The summed E-state index contributed by atoms with van der Waals surface area (Å²) in [5.41, 5.74) is 4.20. The van der Waals surface area contributed by atoms with Gasteiger partial charge in [0.25, 0.3) is 5.91 Å². The minimum atomic E-state index is -0.626. The summed E-state index contributed by atoms with van der Waals surface area (Å²) < 4.78 is 26.2. The largest absolute Gasteiger partial charge is 0.463 e. The monoisotopic (exact) mass is 647 g/mol. The van der Waals surface area contributed by atoms with Gasteiger partial charge in [-0.05, 0) is 61.2 Å². The standard InChI is InChI=1S/C34H35ClFN5O5/c1-20-6-4-8-27(39-34(44)25-19-38-41(21(25)2)30-9-5-7-26(35)32(30)36)23-12-13-37-28(18-23)24-11-10-22(16-29(24)40-33(20)43)17-31(42)46-15-14-45-3/h5,7,9-13,16,18-20,27H,4,6,8,14-15,17H2,1-3H3,(H,39,44)(H,40,43)/t20-,27+/m1/s1. The smallest absolute Gasteiger partial charge is 0.310 e. The summed E-state index contributed by atoms with van der Waals surface area (Å²) in [7, 11) is 1.53. The third-order valence-electron chi connectivity index (χ3n) is 8.00. The predicted molar refractivity (Wildman–Crippen MR) is 171 cm³/mol. The van der Waals surface area contributed by atoms with Gasteiger partial charge in [0.15, 0.2) is 5.82 Å². The lowest BCUT2D eigenvalue weighted by molar-refractivity contribution is -0.144. The lowest BCUT2D eigenvalue weighted by Crippen LogP contribution is -2.29. The van der Waals surface area contributed by atoms with Crippen molar-refractivity contribution in [2.45, 2.75) is 45.6 Å². The van der Waals surface area contributed by atoms with E-state index in [0.29, 0.717) is 59.6 Å². The normalized spacial score (nSPS) is 16.4. The van der Waals surface area contributed by atoms with Gasteiger partial charge in [-0.1, -0.05) is 43.1 Å². The number of carbonyl (C=O) groups excluding carboxylic acids is 3. The number of amides is 2. The minimum absolute atomic E-state index is 0.0317. The fraction of sp³-hybridized carbons (Fsp3) is 0.324.